The van der Waals surface area contributed by atoms with Gasteiger partial charge in [-0.3, -0.25) is 10.1 Å². The van der Waals surface area contributed by atoms with Crippen LogP contribution >= 0.6 is 11.8 Å². The first-order valence-corrected chi connectivity index (χ1v) is 11.6. The Bertz CT molecular complexity index is 1090. The molecule has 0 radical (unpaired) electrons. The lowest BCUT2D eigenvalue weighted by Gasteiger charge is -2.33. The van der Waals surface area contributed by atoms with E-state index in [0.29, 0.717) is 0 Å². The third-order valence-corrected chi connectivity index (χ3v) is 6.57. The number of nitro groups is 1. The summed E-state index contributed by atoms with van der Waals surface area (Å²) in [4.78, 5) is 15.5. The molecule has 0 atom stereocenters. The minimum Gasteiger partial charge on any atom is -0.340 e. The van der Waals surface area contributed by atoms with Crippen molar-refractivity contribution in [1.82, 2.24) is 0 Å². The number of anilines is 2. The highest BCUT2D eigenvalue weighted by Crippen LogP contribution is 2.48. The molecule has 0 bridgehead atoms. The van der Waals surface area contributed by atoms with Crippen LogP contribution in [0.4, 0.5) is 17.1 Å². The van der Waals surface area contributed by atoms with Gasteiger partial charge in [-0.05, 0) is 53.9 Å². The number of fused-ring (bicyclic) bond motifs is 2. The lowest BCUT2D eigenvalue weighted by molar-refractivity contribution is -0.384. The van der Waals surface area contributed by atoms with Gasteiger partial charge in [0.1, 0.15) is 0 Å². The Balaban J connectivity index is 1.56. The molecule has 1 aliphatic heterocycles. The van der Waals surface area contributed by atoms with E-state index in [0.717, 1.165) is 17.7 Å². The molecule has 0 unspecified atom stereocenters. The molecule has 0 aliphatic carbocycles. The van der Waals surface area contributed by atoms with Crippen molar-refractivity contribution in [3.8, 4) is 0 Å². The van der Waals surface area contributed by atoms with Crippen molar-refractivity contribution in [1.29, 1.82) is 0 Å². The number of unbranched alkanes of at least 4 members (excludes halogenated alkanes) is 3. The first-order valence-electron chi connectivity index (χ1n) is 10.8. The van der Waals surface area contributed by atoms with Gasteiger partial charge >= 0.3 is 0 Å². The molecule has 5 heteroatoms. The van der Waals surface area contributed by atoms with E-state index in [1.807, 2.05) is 17.8 Å². The number of rotatable bonds is 8. The van der Waals surface area contributed by atoms with Gasteiger partial charge in [0.15, 0.2) is 0 Å². The van der Waals surface area contributed by atoms with Crippen LogP contribution in [0.5, 0.6) is 0 Å². The monoisotopic (exact) mass is 430 g/mol. The van der Waals surface area contributed by atoms with E-state index >= 15 is 0 Å². The maximum absolute atomic E-state index is 10.8. The summed E-state index contributed by atoms with van der Waals surface area (Å²) in [6.07, 6.45) is 9.03. The molecule has 0 N–H and O–H groups in total. The van der Waals surface area contributed by atoms with Crippen molar-refractivity contribution in [2.45, 2.75) is 42.4 Å². The van der Waals surface area contributed by atoms with Gasteiger partial charge in [-0.15, -0.1) is 0 Å². The molecule has 4 nitrogen and oxygen atoms in total. The van der Waals surface area contributed by atoms with Crippen LogP contribution in [0.3, 0.4) is 0 Å². The van der Waals surface area contributed by atoms with Crippen LogP contribution in [0.25, 0.3) is 12.2 Å². The third kappa shape index (κ3) is 5.00. The summed E-state index contributed by atoms with van der Waals surface area (Å²) in [7, 11) is 0. The first-order chi connectivity index (χ1) is 15.2. The number of nitro benzene ring substituents is 1. The minimum atomic E-state index is -0.375. The van der Waals surface area contributed by atoms with Crippen molar-refractivity contribution in [3.63, 3.8) is 0 Å². The molecule has 0 fully saturated rings. The molecule has 0 amide bonds. The molecule has 0 saturated carbocycles. The van der Waals surface area contributed by atoms with Crippen LogP contribution in [-0.4, -0.2) is 11.5 Å². The summed E-state index contributed by atoms with van der Waals surface area (Å²) in [6, 6.07) is 21.8. The van der Waals surface area contributed by atoms with E-state index in [1.165, 1.54) is 59.0 Å². The molecule has 158 valence electrons. The van der Waals surface area contributed by atoms with Gasteiger partial charge in [-0.1, -0.05) is 68.3 Å². The third-order valence-electron chi connectivity index (χ3n) is 5.46. The number of hydrogen-bond acceptors (Lipinski definition) is 4. The second-order valence-corrected chi connectivity index (χ2v) is 8.77. The summed E-state index contributed by atoms with van der Waals surface area (Å²) < 4.78 is 0. The normalized spacial score (nSPS) is 12.6. The van der Waals surface area contributed by atoms with E-state index in [-0.39, 0.29) is 10.6 Å². The molecule has 4 rings (SSSR count). The van der Waals surface area contributed by atoms with Gasteiger partial charge < -0.3 is 4.90 Å². The average Bonchev–Trinajstić information content (AvgIpc) is 2.80. The zero-order valence-corrected chi connectivity index (χ0v) is 18.5. The van der Waals surface area contributed by atoms with E-state index in [4.69, 9.17) is 0 Å². The van der Waals surface area contributed by atoms with Gasteiger partial charge in [0.05, 0.1) is 16.3 Å². The zero-order valence-electron chi connectivity index (χ0n) is 17.7. The van der Waals surface area contributed by atoms with E-state index < -0.39 is 0 Å². The zero-order chi connectivity index (χ0) is 21.6. The van der Waals surface area contributed by atoms with Crippen molar-refractivity contribution < 1.29 is 4.92 Å². The fourth-order valence-corrected chi connectivity index (χ4v) is 4.94. The maximum Gasteiger partial charge on any atom is 0.269 e. The molecule has 0 saturated heterocycles. The highest BCUT2D eigenvalue weighted by molar-refractivity contribution is 7.99. The molecular formula is C26H26N2O2S. The smallest absolute Gasteiger partial charge is 0.269 e. The van der Waals surface area contributed by atoms with Crippen LogP contribution in [0.15, 0.2) is 76.5 Å². The number of nitrogens with zero attached hydrogens (tertiary/aromatic N) is 2. The summed E-state index contributed by atoms with van der Waals surface area (Å²) in [6.45, 7) is 3.27. The number of benzene rings is 3. The molecule has 3 aromatic carbocycles. The Morgan fingerprint density at radius 2 is 1.58 bits per heavy atom. The summed E-state index contributed by atoms with van der Waals surface area (Å²) >= 11 is 1.82. The Morgan fingerprint density at radius 1 is 0.871 bits per heavy atom. The van der Waals surface area contributed by atoms with Gasteiger partial charge in [0.25, 0.3) is 5.69 Å². The Hall–Kier alpha value is -3.05. The minimum absolute atomic E-state index is 0.111. The SMILES string of the molecule is CCCCCCN1c2ccccc2Sc2cc(C=Cc3ccc([N+](=O)[O-])cc3)ccc21. The van der Waals surface area contributed by atoms with E-state index in [9.17, 15) is 10.1 Å². The average molecular weight is 431 g/mol. The van der Waals surface area contributed by atoms with Crippen LogP contribution in [0, 0.1) is 10.1 Å². The highest BCUT2D eigenvalue weighted by Gasteiger charge is 2.22. The summed E-state index contributed by atoms with van der Waals surface area (Å²) in [5, 5.41) is 10.8. The predicted molar refractivity (Wildman–Crippen MR) is 130 cm³/mol. The van der Waals surface area contributed by atoms with Gasteiger partial charge in [-0.2, -0.15) is 0 Å². The fraction of sp³-hybridized carbons (Fsp3) is 0.231. The quantitative estimate of drug-likeness (QED) is 0.157. The van der Waals surface area contributed by atoms with Gasteiger partial charge in [-0.25, -0.2) is 0 Å². The van der Waals surface area contributed by atoms with Gasteiger partial charge in [0, 0.05) is 28.5 Å². The molecule has 3 aromatic rings. The number of para-hydroxylation sites is 1. The lowest BCUT2D eigenvalue weighted by atomic mass is 10.1. The largest absolute Gasteiger partial charge is 0.340 e. The number of hydrogen-bond donors (Lipinski definition) is 0. The molecule has 1 aliphatic rings. The van der Waals surface area contributed by atoms with E-state index in [2.05, 4.69) is 60.4 Å². The molecule has 0 spiro atoms. The maximum atomic E-state index is 10.8. The lowest BCUT2D eigenvalue weighted by Crippen LogP contribution is -2.22. The van der Waals surface area contributed by atoms with Crippen molar-refractivity contribution in [2.24, 2.45) is 0 Å². The Morgan fingerprint density at radius 3 is 2.35 bits per heavy atom. The fourth-order valence-electron chi connectivity index (χ4n) is 3.79. The molecule has 0 aromatic heterocycles. The van der Waals surface area contributed by atoms with Crippen LogP contribution in [0.1, 0.15) is 43.7 Å². The second-order valence-electron chi connectivity index (χ2n) is 7.69. The van der Waals surface area contributed by atoms with Crippen molar-refractivity contribution in [3.05, 3.63) is 88.0 Å². The number of non-ortho nitro benzene ring substituents is 1. The summed E-state index contributed by atoms with van der Waals surface area (Å²) in [5.74, 6) is 0. The Labute approximate surface area is 187 Å². The van der Waals surface area contributed by atoms with E-state index in [1.54, 1.807) is 12.1 Å². The molecular weight excluding hydrogens is 404 g/mol. The van der Waals surface area contributed by atoms with Crippen molar-refractivity contribution in [2.75, 3.05) is 11.4 Å². The summed E-state index contributed by atoms with van der Waals surface area (Å²) in [5.41, 5.74) is 4.74. The first kappa shape index (κ1) is 21.2. The van der Waals surface area contributed by atoms with Crippen LogP contribution in [-0.2, 0) is 0 Å². The highest BCUT2D eigenvalue weighted by atomic mass is 32.2. The Kier molecular flexibility index (Phi) is 6.73. The second kappa shape index (κ2) is 9.84. The molecule has 31 heavy (non-hydrogen) atoms. The molecule has 1 heterocycles. The predicted octanol–water partition coefficient (Wildman–Crippen LogP) is 7.95. The standard InChI is InChI=1S/C26H26N2O2S/c1-2-3-4-7-18-27-23-8-5-6-9-25(23)31-26-19-21(14-17-24(26)27)11-10-20-12-15-22(16-13-20)28(29)30/h5-6,8-17,19H,2-4,7,18H2,1H3. The van der Waals surface area contributed by atoms with Gasteiger partial charge in [0.2, 0.25) is 0 Å². The van der Waals surface area contributed by atoms with Crippen molar-refractivity contribution >= 4 is 41.0 Å². The van der Waals surface area contributed by atoms with Crippen LogP contribution < -0.4 is 4.90 Å². The topological polar surface area (TPSA) is 46.4 Å². The van der Waals surface area contributed by atoms with Crippen LogP contribution in [0.2, 0.25) is 0 Å².